The van der Waals surface area contributed by atoms with Gasteiger partial charge in [0.05, 0.1) is 6.54 Å². The van der Waals surface area contributed by atoms with E-state index in [1.54, 1.807) is 7.11 Å². The average molecular weight is 268 g/mol. The molecule has 4 nitrogen and oxygen atoms in total. The molecule has 1 amide bonds. The Labute approximate surface area is 116 Å². The zero-order chi connectivity index (χ0) is 13.9. The van der Waals surface area contributed by atoms with Crippen molar-refractivity contribution < 1.29 is 9.53 Å². The third-order valence-corrected chi connectivity index (χ3v) is 4.58. The predicted octanol–water partition coefficient (Wildman–Crippen LogP) is 1.65. The van der Waals surface area contributed by atoms with Crippen molar-refractivity contribution in [2.75, 3.05) is 33.4 Å². The van der Waals surface area contributed by atoms with Gasteiger partial charge in [0.15, 0.2) is 0 Å². The number of hydrogen-bond donors (Lipinski definition) is 1. The van der Waals surface area contributed by atoms with Crippen LogP contribution >= 0.6 is 0 Å². The quantitative estimate of drug-likeness (QED) is 0.824. The second-order valence-electron chi connectivity index (χ2n) is 6.73. The summed E-state index contributed by atoms with van der Waals surface area (Å²) in [5.74, 6) is 0.942. The average Bonchev–Trinajstić information content (AvgIpc) is 2.29. The summed E-state index contributed by atoms with van der Waals surface area (Å²) in [6.45, 7) is 7.65. The molecule has 0 radical (unpaired) electrons. The third kappa shape index (κ3) is 3.93. The van der Waals surface area contributed by atoms with E-state index in [-0.39, 0.29) is 11.9 Å². The summed E-state index contributed by atoms with van der Waals surface area (Å²) < 4.78 is 5.23. The summed E-state index contributed by atoms with van der Waals surface area (Å²) in [6, 6.07) is 0.241. The Balaban J connectivity index is 1.67. The van der Waals surface area contributed by atoms with Gasteiger partial charge in [-0.1, -0.05) is 0 Å². The predicted molar refractivity (Wildman–Crippen MR) is 76.0 cm³/mol. The topological polar surface area (TPSA) is 41.6 Å². The van der Waals surface area contributed by atoms with E-state index in [2.05, 4.69) is 10.2 Å². The molecular formula is C15H28N2O2. The van der Waals surface area contributed by atoms with Crippen molar-refractivity contribution >= 4 is 5.91 Å². The van der Waals surface area contributed by atoms with Crippen molar-refractivity contribution in [3.8, 4) is 0 Å². The standard InChI is InChI=1S/C15H28N2O2/c1-12(2)16-14(18)10-17-6-4-15(5-7-17)8-13(9-15)11-19-3/h12-13H,4-11H2,1-3H3,(H,16,18). The van der Waals surface area contributed by atoms with Crippen molar-refractivity contribution in [2.24, 2.45) is 11.3 Å². The van der Waals surface area contributed by atoms with E-state index in [4.69, 9.17) is 4.74 Å². The molecule has 1 aliphatic heterocycles. The van der Waals surface area contributed by atoms with Crippen LogP contribution in [0, 0.1) is 11.3 Å². The lowest BCUT2D eigenvalue weighted by atomic mass is 9.58. The van der Waals surface area contributed by atoms with Crippen LogP contribution in [-0.2, 0) is 9.53 Å². The highest BCUT2D eigenvalue weighted by Crippen LogP contribution is 2.52. The molecule has 1 heterocycles. The van der Waals surface area contributed by atoms with Crippen molar-refractivity contribution in [2.45, 2.75) is 45.6 Å². The Morgan fingerprint density at radius 2 is 2.00 bits per heavy atom. The monoisotopic (exact) mass is 268 g/mol. The highest BCUT2D eigenvalue weighted by Gasteiger charge is 2.45. The third-order valence-electron chi connectivity index (χ3n) is 4.58. The van der Waals surface area contributed by atoms with Gasteiger partial charge in [-0.15, -0.1) is 0 Å². The first kappa shape index (κ1) is 14.8. The number of hydrogen-bond acceptors (Lipinski definition) is 3. The fourth-order valence-corrected chi connectivity index (χ4v) is 3.68. The summed E-state index contributed by atoms with van der Waals surface area (Å²) >= 11 is 0. The fourth-order valence-electron chi connectivity index (χ4n) is 3.68. The Morgan fingerprint density at radius 3 is 2.53 bits per heavy atom. The second-order valence-corrected chi connectivity index (χ2v) is 6.73. The van der Waals surface area contributed by atoms with E-state index in [1.807, 2.05) is 13.8 Å². The normalized spacial score (nSPS) is 23.6. The number of carbonyl (C=O) groups is 1. The Morgan fingerprint density at radius 1 is 1.37 bits per heavy atom. The molecule has 1 aliphatic carbocycles. The molecule has 0 bridgehead atoms. The molecule has 2 fully saturated rings. The Kier molecular flexibility index (Phi) is 4.85. The molecule has 110 valence electrons. The zero-order valence-corrected chi connectivity index (χ0v) is 12.6. The molecule has 0 unspecified atom stereocenters. The second kappa shape index (κ2) is 6.23. The summed E-state index contributed by atoms with van der Waals surface area (Å²) in [5, 5.41) is 2.97. The van der Waals surface area contributed by atoms with E-state index >= 15 is 0 Å². The van der Waals surface area contributed by atoms with Crippen LogP contribution in [0.4, 0.5) is 0 Å². The van der Waals surface area contributed by atoms with Gasteiger partial charge in [0.1, 0.15) is 0 Å². The van der Waals surface area contributed by atoms with Crippen LogP contribution in [0.1, 0.15) is 39.5 Å². The number of nitrogens with one attached hydrogen (secondary N) is 1. The van der Waals surface area contributed by atoms with Crippen molar-refractivity contribution in [3.63, 3.8) is 0 Å². The molecule has 2 rings (SSSR count). The van der Waals surface area contributed by atoms with Crippen LogP contribution in [-0.4, -0.2) is 50.2 Å². The lowest BCUT2D eigenvalue weighted by Crippen LogP contribution is -2.50. The zero-order valence-electron chi connectivity index (χ0n) is 12.6. The minimum absolute atomic E-state index is 0.164. The molecule has 0 aromatic carbocycles. The number of likely N-dealkylation sites (tertiary alicyclic amines) is 1. The van der Waals surface area contributed by atoms with E-state index in [0.29, 0.717) is 12.0 Å². The molecule has 19 heavy (non-hydrogen) atoms. The summed E-state index contributed by atoms with van der Waals surface area (Å²) in [7, 11) is 1.79. The van der Waals surface area contributed by atoms with Crippen molar-refractivity contribution in [1.82, 2.24) is 10.2 Å². The smallest absolute Gasteiger partial charge is 0.234 e. The van der Waals surface area contributed by atoms with E-state index in [0.717, 1.165) is 25.6 Å². The number of ether oxygens (including phenoxy) is 1. The number of methoxy groups -OCH3 is 1. The maximum Gasteiger partial charge on any atom is 0.234 e. The number of piperidine rings is 1. The molecule has 1 N–H and O–H groups in total. The molecular weight excluding hydrogens is 240 g/mol. The van der Waals surface area contributed by atoms with E-state index in [9.17, 15) is 4.79 Å². The van der Waals surface area contributed by atoms with Gasteiger partial charge in [0.2, 0.25) is 5.91 Å². The first-order chi connectivity index (χ1) is 9.03. The number of rotatable bonds is 5. The van der Waals surface area contributed by atoms with Gasteiger partial charge in [0.25, 0.3) is 0 Å². The number of amides is 1. The Hall–Kier alpha value is -0.610. The van der Waals surface area contributed by atoms with Gasteiger partial charge in [-0.25, -0.2) is 0 Å². The van der Waals surface area contributed by atoms with E-state index < -0.39 is 0 Å². The van der Waals surface area contributed by atoms with Crippen LogP contribution in [0.25, 0.3) is 0 Å². The highest BCUT2D eigenvalue weighted by atomic mass is 16.5. The molecule has 1 saturated carbocycles. The van der Waals surface area contributed by atoms with Crippen molar-refractivity contribution in [3.05, 3.63) is 0 Å². The first-order valence-corrected chi connectivity index (χ1v) is 7.54. The van der Waals surface area contributed by atoms with Gasteiger partial charge >= 0.3 is 0 Å². The molecule has 2 aliphatic rings. The van der Waals surface area contributed by atoms with Gasteiger partial charge in [0, 0.05) is 19.8 Å². The van der Waals surface area contributed by atoms with Crippen LogP contribution in [0.15, 0.2) is 0 Å². The van der Waals surface area contributed by atoms with Gasteiger partial charge in [-0.05, 0) is 64.0 Å². The largest absolute Gasteiger partial charge is 0.384 e. The van der Waals surface area contributed by atoms with Crippen molar-refractivity contribution in [1.29, 1.82) is 0 Å². The molecule has 0 aromatic rings. The van der Waals surface area contributed by atoms with Gasteiger partial charge < -0.3 is 10.1 Å². The Bertz CT molecular complexity index is 301. The van der Waals surface area contributed by atoms with Crippen LogP contribution in [0.3, 0.4) is 0 Å². The maximum absolute atomic E-state index is 11.7. The minimum Gasteiger partial charge on any atom is -0.384 e. The summed E-state index contributed by atoms with van der Waals surface area (Å²) in [6.07, 6.45) is 5.16. The van der Waals surface area contributed by atoms with E-state index in [1.165, 1.54) is 25.7 Å². The molecule has 0 atom stereocenters. The van der Waals surface area contributed by atoms with Gasteiger partial charge in [-0.3, -0.25) is 9.69 Å². The summed E-state index contributed by atoms with van der Waals surface area (Å²) in [5.41, 5.74) is 0.578. The molecule has 1 spiro atoms. The number of carbonyl (C=O) groups excluding carboxylic acids is 1. The van der Waals surface area contributed by atoms with Crippen LogP contribution in [0.2, 0.25) is 0 Å². The van der Waals surface area contributed by atoms with Gasteiger partial charge in [-0.2, -0.15) is 0 Å². The molecule has 4 heteroatoms. The minimum atomic E-state index is 0.164. The van der Waals surface area contributed by atoms with Crippen LogP contribution < -0.4 is 5.32 Å². The fraction of sp³-hybridized carbons (Fsp3) is 0.933. The van der Waals surface area contributed by atoms with Crippen LogP contribution in [0.5, 0.6) is 0 Å². The number of nitrogens with zero attached hydrogens (tertiary/aromatic N) is 1. The first-order valence-electron chi connectivity index (χ1n) is 7.54. The summed E-state index contributed by atoms with van der Waals surface area (Å²) in [4.78, 5) is 14.0. The highest BCUT2D eigenvalue weighted by molar-refractivity contribution is 5.78. The SMILES string of the molecule is COCC1CC2(CCN(CC(=O)NC(C)C)CC2)C1. The maximum atomic E-state index is 11.7. The lowest BCUT2D eigenvalue weighted by molar-refractivity contribution is -0.124. The lowest BCUT2D eigenvalue weighted by Gasteiger charge is -2.52. The molecule has 1 saturated heterocycles. The molecule has 0 aromatic heterocycles.